The van der Waals surface area contributed by atoms with Gasteiger partial charge in [-0.1, -0.05) is 25.1 Å². The fourth-order valence-corrected chi connectivity index (χ4v) is 3.97. The molecule has 0 saturated heterocycles. The van der Waals surface area contributed by atoms with E-state index in [1.54, 1.807) is 6.26 Å². The first-order valence-corrected chi connectivity index (χ1v) is 10.2. The number of aromatic nitrogens is 1. The Balaban J connectivity index is 1.82. The quantitative estimate of drug-likeness (QED) is 0.643. The van der Waals surface area contributed by atoms with Gasteiger partial charge in [0, 0.05) is 11.9 Å². The van der Waals surface area contributed by atoms with Gasteiger partial charge in [0.2, 0.25) is 0 Å². The standard InChI is InChI=1S/C24H24N2O4/c1-3-25-21(27)14-30-24(28)22-18-8-4-5-9-20(18)26-23-16(11-15(2)12-19(22)23)13-17-7-6-10-29-17/h4-10,13,15H,3,11-12,14H2,1-2H3,(H,25,27)/b16-13+. The highest BCUT2D eigenvalue weighted by molar-refractivity contribution is 6.07. The Morgan fingerprint density at radius 1 is 1.23 bits per heavy atom. The topological polar surface area (TPSA) is 81.4 Å². The van der Waals surface area contributed by atoms with E-state index in [1.165, 1.54) is 0 Å². The summed E-state index contributed by atoms with van der Waals surface area (Å²) in [5, 5.41) is 3.38. The van der Waals surface area contributed by atoms with E-state index in [0.717, 1.165) is 39.9 Å². The van der Waals surface area contributed by atoms with Crippen molar-refractivity contribution in [2.45, 2.75) is 26.7 Å². The summed E-state index contributed by atoms with van der Waals surface area (Å²) >= 11 is 0. The average Bonchev–Trinajstić information content (AvgIpc) is 3.24. The number of amides is 1. The van der Waals surface area contributed by atoms with Gasteiger partial charge in [-0.15, -0.1) is 0 Å². The van der Waals surface area contributed by atoms with E-state index in [9.17, 15) is 9.59 Å². The lowest BCUT2D eigenvalue weighted by Crippen LogP contribution is -2.29. The minimum atomic E-state index is -0.498. The molecule has 6 heteroatoms. The molecule has 1 unspecified atom stereocenters. The molecule has 2 heterocycles. The van der Waals surface area contributed by atoms with Crippen LogP contribution < -0.4 is 5.32 Å². The highest BCUT2D eigenvalue weighted by Gasteiger charge is 2.29. The van der Waals surface area contributed by atoms with Crippen molar-refractivity contribution >= 4 is 34.4 Å². The van der Waals surface area contributed by atoms with Crippen LogP contribution in [-0.2, 0) is 16.0 Å². The molecule has 1 amide bonds. The van der Waals surface area contributed by atoms with Gasteiger partial charge in [-0.2, -0.15) is 0 Å². The first-order chi connectivity index (χ1) is 14.6. The summed E-state index contributed by atoms with van der Waals surface area (Å²) in [7, 11) is 0. The second-order valence-electron chi connectivity index (χ2n) is 7.56. The van der Waals surface area contributed by atoms with E-state index in [-0.39, 0.29) is 12.5 Å². The summed E-state index contributed by atoms with van der Waals surface area (Å²) in [5.74, 6) is 0.268. The van der Waals surface area contributed by atoms with Crippen LogP contribution in [0, 0.1) is 5.92 Å². The summed E-state index contributed by atoms with van der Waals surface area (Å²) in [6, 6.07) is 11.3. The zero-order valence-corrected chi connectivity index (χ0v) is 17.1. The fraction of sp³-hybridized carbons (Fsp3) is 0.292. The van der Waals surface area contributed by atoms with Crippen LogP contribution in [0.3, 0.4) is 0 Å². The zero-order chi connectivity index (χ0) is 21.1. The predicted octanol–water partition coefficient (Wildman–Crippen LogP) is 4.24. The normalized spacial score (nSPS) is 17.0. The number of carbonyl (C=O) groups is 2. The van der Waals surface area contributed by atoms with Crippen molar-refractivity contribution in [1.82, 2.24) is 10.3 Å². The number of rotatable bonds is 5. The molecule has 4 rings (SSSR count). The molecular weight excluding hydrogens is 380 g/mol. The molecule has 0 aliphatic heterocycles. The number of esters is 1. The van der Waals surface area contributed by atoms with Crippen molar-refractivity contribution < 1.29 is 18.7 Å². The number of likely N-dealkylation sites (N-methyl/N-ethyl adjacent to an activating group) is 1. The van der Waals surface area contributed by atoms with Crippen LogP contribution in [0.2, 0.25) is 0 Å². The summed E-state index contributed by atoms with van der Waals surface area (Å²) in [5.41, 5.74) is 3.92. The summed E-state index contributed by atoms with van der Waals surface area (Å²) in [6.45, 7) is 4.16. The van der Waals surface area contributed by atoms with Gasteiger partial charge in [-0.05, 0) is 61.1 Å². The van der Waals surface area contributed by atoms with Crippen molar-refractivity contribution in [3.05, 3.63) is 65.2 Å². The maximum absolute atomic E-state index is 13.1. The van der Waals surface area contributed by atoms with E-state index < -0.39 is 5.97 Å². The van der Waals surface area contributed by atoms with E-state index in [0.29, 0.717) is 24.4 Å². The Labute approximate surface area is 174 Å². The van der Waals surface area contributed by atoms with Crippen LogP contribution in [0.25, 0.3) is 22.6 Å². The second kappa shape index (κ2) is 8.53. The Bertz CT molecular complexity index is 1120. The molecule has 1 aromatic carbocycles. The third-order valence-corrected chi connectivity index (χ3v) is 5.19. The lowest BCUT2D eigenvalue weighted by atomic mass is 9.81. The lowest BCUT2D eigenvalue weighted by Gasteiger charge is -2.26. The van der Waals surface area contributed by atoms with Crippen LogP contribution in [0.4, 0.5) is 0 Å². The Kier molecular flexibility index (Phi) is 5.65. The van der Waals surface area contributed by atoms with E-state index in [2.05, 4.69) is 12.2 Å². The Hall–Kier alpha value is -3.41. The first kappa shape index (κ1) is 19.9. The van der Waals surface area contributed by atoms with Gasteiger partial charge in [0.15, 0.2) is 6.61 Å². The molecule has 0 radical (unpaired) electrons. The zero-order valence-electron chi connectivity index (χ0n) is 17.1. The monoisotopic (exact) mass is 404 g/mol. The van der Waals surface area contributed by atoms with Gasteiger partial charge >= 0.3 is 5.97 Å². The number of benzene rings is 1. The number of para-hydroxylation sites is 1. The molecule has 30 heavy (non-hydrogen) atoms. The van der Waals surface area contributed by atoms with Crippen molar-refractivity contribution in [2.24, 2.45) is 5.92 Å². The third-order valence-electron chi connectivity index (χ3n) is 5.19. The number of hydrogen-bond donors (Lipinski definition) is 1. The van der Waals surface area contributed by atoms with Crippen molar-refractivity contribution in [3.63, 3.8) is 0 Å². The molecule has 6 nitrogen and oxygen atoms in total. The van der Waals surface area contributed by atoms with Gasteiger partial charge in [-0.3, -0.25) is 4.79 Å². The number of hydrogen-bond acceptors (Lipinski definition) is 5. The molecule has 0 saturated carbocycles. The molecule has 3 aromatic rings. The molecule has 0 bridgehead atoms. The smallest absolute Gasteiger partial charge is 0.339 e. The third kappa shape index (κ3) is 3.99. The molecule has 2 aromatic heterocycles. The molecule has 1 aliphatic rings. The molecular formula is C24H24N2O4. The van der Waals surface area contributed by atoms with E-state index >= 15 is 0 Å². The molecule has 1 aliphatic carbocycles. The molecule has 1 atom stereocenters. The summed E-state index contributed by atoms with van der Waals surface area (Å²) in [6.07, 6.45) is 5.18. The van der Waals surface area contributed by atoms with Gasteiger partial charge in [0.25, 0.3) is 5.91 Å². The molecule has 154 valence electrons. The van der Waals surface area contributed by atoms with Crippen LogP contribution in [0.5, 0.6) is 0 Å². The number of furan rings is 1. The predicted molar refractivity (Wildman–Crippen MR) is 115 cm³/mol. The van der Waals surface area contributed by atoms with Crippen molar-refractivity contribution in [1.29, 1.82) is 0 Å². The number of allylic oxidation sites excluding steroid dienone is 1. The number of nitrogens with zero attached hydrogens (tertiary/aromatic N) is 1. The van der Waals surface area contributed by atoms with Crippen molar-refractivity contribution in [2.75, 3.05) is 13.2 Å². The maximum Gasteiger partial charge on any atom is 0.339 e. The van der Waals surface area contributed by atoms with Crippen LogP contribution >= 0.6 is 0 Å². The SMILES string of the molecule is CCNC(=O)COC(=O)c1c2c(nc3ccccc13)/C(=C/c1ccco1)CC(C)C2. The highest BCUT2D eigenvalue weighted by atomic mass is 16.5. The number of nitrogens with one attached hydrogen (secondary N) is 1. The van der Waals surface area contributed by atoms with Crippen LogP contribution in [0.15, 0.2) is 47.1 Å². The number of ether oxygens (including phenoxy) is 1. The second-order valence-corrected chi connectivity index (χ2v) is 7.56. The fourth-order valence-electron chi connectivity index (χ4n) is 3.97. The summed E-state index contributed by atoms with van der Waals surface area (Å²) < 4.78 is 10.9. The van der Waals surface area contributed by atoms with Gasteiger partial charge in [-0.25, -0.2) is 9.78 Å². The van der Waals surface area contributed by atoms with Crippen LogP contribution in [0.1, 0.15) is 47.6 Å². The molecule has 1 N–H and O–H groups in total. The Morgan fingerprint density at radius 2 is 2.07 bits per heavy atom. The van der Waals surface area contributed by atoms with E-state index in [4.69, 9.17) is 14.1 Å². The largest absolute Gasteiger partial charge is 0.465 e. The minimum absolute atomic E-state index is 0.303. The highest BCUT2D eigenvalue weighted by Crippen LogP contribution is 2.38. The maximum atomic E-state index is 13.1. The average molecular weight is 404 g/mol. The summed E-state index contributed by atoms with van der Waals surface area (Å²) in [4.78, 5) is 29.8. The van der Waals surface area contributed by atoms with Gasteiger partial charge in [0.1, 0.15) is 5.76 Å². The first-order valence-electron chi connectivity index (χ1n) is 10.2. The molecule has 0 spiro atoms. The van der Waals surface area contributed by atoms with Gasteiger partial charge in [0.05, 0.1) is 23.0 Å². The Morgan fingerprint density at radius 3 is 2.83 bits per heavy atom. The van der Waals surface area contributed by atoms with Crippen molar-refractivity contribution in [3.8, 4) is 0 Å². The number of carbonyl (C=O) groups excluding carboxylic acids is 2. The molecule has 0 fully saturated rings. The lowest BCUT2D eigenvalue weighted by molar-refractivity contribution is -0.124. The number of fused-ring (bicyclic) bond motifs is 2. The van der Waals surface area contributed by atoms with Gasteiger partial charge < -0.3 is 14.5 Å². The number of pyridine rings is 1. The minimum Gasteiger partial charge on any atom is -0.465 e. The van der Waals surface area contributed by atoms with Crippen LogP contribution in [-0.4, -0.2) is 30.0 Å². The van der Waals surface area contributed by atoms with E-state index in [1.807, 2.05) is 49.4 Å².